The van der Waals surface area contributed by atoms with Crippen LogP contribution in [0.25, 0.3) is 6.08 Å². The van der Waals surface area contributed by atoms with Gasteiger partial charge in [0.05, 0.1) is 5.37 Å². The Morgan fingerprint density at radius 1 is 1.50 bits per heavy atom. The van der Waals surface area contributed by atoms with Gasteiger partial charge in [-0.05, 0) is 18.1 Å². The molecule has 3 aliphatic rings. The molecule has 2 atom stereocenters. The Labute approximate surface area is 123 Å². The molecular formula is C16H18N2OS. The molecule has 2 unspecified atom stereocenters. The topological polar surface area (TPSA) is 33.6 Å². The molecule has 0 aliphatic carbocycles. The van der Waals surface area contributed by atoms with Crippen molar-refractivity contribution in [2.45, 2.75) is 31.2 Å². The van der Waals surface area contributed by atoms with E-state index in [1.165, 1.54) is 22.4 Å². The van der Waals surface area contributed by atoms with Crippen LogP contribution in [-0.4, -0.2) is 30.0 Å². The minimum atomic E-state index is 0.277. The zero-order valence-electron chi connectivity index (χ0n) is 11.6. The highest BCUT2D eigenvalue weighted by Gasteiger charge is 2.30. The molecule has 0 bridgehead atoms. The third-order valence-corrected chi connectivity index (χ3v) is 5.14. The fourth-order valence-electron chi connectivity index (χ4n) is 3.22. The number of hydrogen-bond acceptors (Lipinski definition) is 4. The normalized spacial score (nSPS) is 26.1. The molecule has 4 rings (SSSR count). The van der Waals surface area contributed by atoms with Crippen LogP contribution in [0.5, 0.6) is 5.75 Å². The van der Waals surface area contributed by atoms with E-state index < -0.39 is 0 Å². The number of thioether (sulfide) groups is 1. The molecule has 0 saturated heterocycles. The summed E-state index contributed by atoms with van der Waals surface area (Å²) in [5.74, 6) is 2.14. The minimum absolute atomic E-state index is 0.277. The van der Waals surface area contributed by atoms with Gasteiger partial charge < -0.3 is 10.1 Å². The molecule has 1 aromatic rings. The first kappa shape index (κ1) is 12.3. The van der Waals surface area contributed by atoms with E-state index >= 15 is 0 Å². The first-order valence-corrected chi connectivity index (χ1v) is 8.23. The van der Waals surface area contributed by atoms with Gasteiger partial charge >= 0.3 is 0 Å². The van der Waals surface area contributed by atoms with Crippen LogP contribution >= 0.6 is 11.8 Å². The average molecular weight is 286 g/mol. The summed E-state index contributed by atoms with van der Waals surface area (Å²) < 4.78 is 6.24. The molecule has 1 aromatic carbocycles. The number of fused-ring (bicyclic) bond motifs is 3. The molecule has 3 aliphatic heterocycles. The molecule has 1 N–H and O–H groups in total. The van der Waals surface area contributed by atoms with E-state index in [-0.39, 0.29) is 6.10 Å². The highest BCUT2D eigenvalue weighted by Crippen LogP contribution is 2.42. The number of ether oxygens (including phenoxy) is 1. The molecular weight excluding hydrogens is 268 g/mol. The first-order valence-electron chi connectivity index (χ1n) is 7.18. The summed E-state index contributed by atoms with van der Waals surface area (Å²) in [5, 5.41) is 3.84. The second kappa shape index (κ2) is 4.85. The van der Waals surface area contributed by atoms with E-state index in [2.05, 4.69) is 35.5 Å². The lowest BCUT2D eigenvalue weighted by Crippen LogP contribution is -2.18. The van der Waals surface area contributed by atoms with E-state index in [0.29, 0.717) is 5.37 Å². The molecule has 0 radical (unpaired) electrons. The van der Waals surface area contributed by atoms with Crippen LogP contribution in [-0.2, 0) is 6.42 Å². The molecule has 104 valence electrons. The van der Waals surface area contributed by atoms with Crippen molar-refractivity contribution in [2.75, 3.05) is 17.6 Å². The molecule has 0 amide bonds. The summed E-state index contributed by atoms with van der Waals surface area (Å²) in [5.41, 5.74) is 5.14. The maximum Gasteiger partial charge on any atom is 0.132 e. The molecule has 0 spiro atoms. The van der Waals surface area contributed by atoms with Crippen LogP contribution in [0.3, 0.4) is 0 Å². The second-order valence-electron chi connectivity index (χ2n) is 5.55. The van der Waals surface area contributed by atoms with Gasteiger partial charge in [-0.15, -0.1) is 11.8 Å². The number of hydrogen-bond donors (Lipinski definition) is 1. The van der Waals surface area contributed by atoms with Crippen molar-refractivity contribution >= 4 is 29.7 Å². The Balaban J connectivity index is 1.61. The molecule has 3 heterocycles. The summed E-state index contributed by atoms with van der Waals surface area (Å²) in [6.07, 6.45) is 8.69. The van der Waals surface area contributed by atoms with E-state index in [1.54, 1.807) is 0 Å². The van der Waals surface area contributed by atoms with Gasteiger partial charge in [0.15, 0.2) is 0 Å². The summed E-state index contributed by atoms with van der Waals surface area (Å²) >= 11 is 1.91. The van der Waals surface area contributed by atoms with Crippen molar-refractivity contribution in [2.24, 2.45) is 4.99 Å². The van der Waals surface area contributed by atoms with Gasteiger partial charge in [-0.2, -0.15) is 0 Å². The third kappa shape index (κ3) is 2.03. The third-order valence-electron chi connectivity index (χ3n) is 4.10. The summed E-state index contributed by atoms with van der Waals surface area (Å²) in [7, 11) is 0. The molecule has 3 nitrogen and oxygen atoms in total. The van der Waals surface area contributed by atoms with Gasteiger partial charge in [-0.25, -0.2) is 0 Å². The Kier molecular flexibility index (Phi) is 2.99. The molecule has 0 saturated carbocycles. The summed E-state index contributed by atoms with van der Waals surface area (Å²) in [6, 6.07) is 2.28. The van der Waals surface area contributed by atoms with Gasteiger partial charge in [-0.1, -0.05) is 18.2 Å². The quantitative estimate of drug-likeness (QED) is 0.906. The van der Waals surface area contributed by atoms with Crippen molar-refractivity contribution < 1.29 is 4.74 Å². The number of nitrogens with one attached hydrogen (secondary N) is 1. The van der Waals surface area contributed by atoms with E-state index in [4.69, 9.17) is 4.74 Å². The van der Waals surface area contributed by atoms with Crippen molar-refractivity contribution in [3.63, 3.8) is 0 Å². The average Bonchev–Trinajstić information content (AvgIpc) is 3.09. The molecule has 20 heavy (non-hydrogen) atoms. The number of aryl methyl sites for hydroxylation is 1. The highest BCUT2D eigenvalue weighted by molar-refractivity contribution is 8.00. The van der Waals surface area contributed by atoms with Gasteiger partial charge in [0, 0.05) is 42.6 Å². The fourth-order valence-corrected chi connectivity index (χ4v) is 4.13. The van der Waals surface area contributed by atoms with Gasteiger partial charge in [0.1, 0.15) is 11.9 Å². The standard InChI is InChI=1S/C16H18N2OS/c1-10-7-11-8-12(9-14-17-5-6-20-14)19-16(11)13-3-2-4-18-15(10)13/h2-3,5,7,12,14,18H,4,6,8-9H2,1H3. The van der Waals surface area contributed by atoms with Crippen LogP contribution < -0.4 is 10.1 Å². The van der Waals surface area contributed by atoms with E-state index in [0.717, 1.165) is 30.9 Å². The monoisotopic (exact) mass is 286 g/mol. The van der Waals surface area contributed by atoms with E-state index in [9.17, 15) is 0 Å². The van der Waals surface area contributed by atoms with Crippen molar-refractivity contribution in [3.8, 4) is 5.75 Å². The Hall–Kier alpha value is -1.42. The van der Waals surface area contributed by atoms with Gasteiger partial charge in [0.25, 0.3) is 0 Å². The predicted molar refractivity (Wildman–Crippen MR) is 86.2 cm³/mol. The number of benzene rings is 1. The van der Waals surface area contributed by atoms with Crippen LogP contribution in [0.1, 0.15) is 23.1 Å². The maximum atomic E-state index is 6.24. The van der Waals surface area contributed by atoms with Crippen molar-refractivity contribution in [1.82, 2.24) is 0 Å². The number of nitrogens with zero attached hydrogens (tertiary/aromatic N) is 1. The summed E-state index contributed by atoms with van der Waals surface area (Å²) in [6.45, 7) is 3.08. The minimum Gasteiger partial charge on any atom is -0.489 e. The fraction of sp³-hybridized carbons (Fsp3) is 0.438. The molecule has 0 fully saturated rings. The Morgan fingerprint density at radius 2 is 2.45 bits per heavy atom. The molecule has 0 aromatic heterocycles. The first-order chi connectivity index (χ1) is 9.81. The zero-order chi connectivity index (χ0) is 13.5. The summed E-state index contributed by atoms with van der Waals surface area (Å²) in [4.78, 5) is 4.50. The predicted octanol–water partition coefficient (Wildman–Crippen LogP) is 3.27. The largest absolute Gasteiger partial charge is 0.489 e. The highest BCUT2D eigenvalue weighted by atomic mass is 32.2. The van der Waals surface area contributed by atoms with E-state index in [1.807, 2.05) is 18.0 Å². The molecule has 4 heteroatoms. The maximum absolute atomic E-state index is 6.24. The smallest absolute Gasteiger partial charge is 0.132 e. The van der Waals surface area contributed by atoms with Crippen molar-refractivity contribution in [3.05, 3.63) is 28.8 Å². The second-order valence-corrected chi connectivity index (χ2v) is 6.76. The Morgan fingerprint density at radius 3 is 3.30 bits per heavy atom. The van der Waals surface area contributed by atoms with Crippen LogP contribution in [0.4, 0.5) is 5.69 Å². The SMILES string of the molecule is Cc1cc2c(c3c1NCC=C3)OC(CC1N=CCS1)C2. The van der Waals surface area contributed by atoms with Gasteiger partial charge in [0.2, 0.25) is 0 Å². The lowest BCUT2D eigenvalue weighted by Gasteiger charge is -2.19. The van der Waals surface area contributed by atoms with Gasteiger partial charge in [-0.3, -0.25) is 4.99 Å². The van der Waals surface area contributed by atoms with Crippen LogP contribution in [0, 0.1) is 6.92 Å². The van der Waals surface area contributed by atoms with Crippen molar-refractivity contribution in [1.29, 1.82) is 0 Å². The number of aliphatic imine (C=N–C) groups is 1. The van der Waals surface area contributed by atoms with Crippen LogP contribution in [0.15, 0.2) is 17.1 Å². The van der Waals surface area contributed by atoms with Crippen LogP contribution in [0.2, 0.25) is 0 Å². The lowest BCUT2D eigenvalue weighted by molar-refractivity contribution is 0.221. The Bertz CT molecular complexity index is 609. The zero-order valence-corrected chi connectivity index (χ0v) is 12.4. The lowest BCUT2D eigenvalue weighted by atomic mass is 9.98. The number of rotatable bonds is 2. The number of anilines is 1.